The summed E-state index contributed by atoms with van der Waals surface area (Å²) in [6, 6.07) is 4.56. The minimum atomic E-state index is -0.616. The molecule has 1 aromatic carbocycles. The molecule has 0 unspecified atom stereocenters. The summed E-state index contributed by atoms with van der Waals surface area (Å²) >= 11 is 0. The van der Waals surface area contributed by atoms with Gasteiger partial charge in [-0.2, -0.15) is 0 Å². The smallest absolute Gasteiger partial charge is 0.411 e. The van der Waals surface area contributed by atoms with Crippen molar-refractivity contribution in [2.45, 2.75) is 0 Å². The third-order valence-electron chi connectivity index (χ3n) is 2.74. The number of carbonyl (C=O) groups is 1. The summed E-state index contributed by atoms with van der Waals surface area (Å²) in [5.41, 5.74) is 0.787. The van der Waals surface area contributed by atoms with Crippen LogP contribution in [0, 0.1) is 5.82 Å². The number of amides is 1. The first-order chi connectivity index (χ1) is 8.72. The fraction of sp³-hybridized carbons (Fsp3) is 0.417. The molecule has 2 rings (SSSR count). The van der Waals surface area contributed by atoms with Gasteiger partial charge < -0.3 is 14.4 Å². The molecule has 0 aliphatic carbocycles. The van der Waals surface area contributed by atoms with E-state index in [0.717, 1.165) is 0 Å². The van der Waals surface area contributed by atoms with E-state index in [1.165, 1.54) is 13.2 Å². The Bertz CT molecular complexity index is 433. The predicted molar refractivity (Wildman–Crippen MR) is 65.5 cm³/mol. The number of hydrogen-bond acceptors (Lipinski definition) is 4. The van der Waals surface area contributed by atoms with Crippen LogP contribution in [0.1, 0.15) is 0 Å². The van der Waals surface area contributed by atoms with Gasteiger partial charge >= 0.3 is 6.09 Å². The summed E-state index contributed by atoms with van der Waals surface area (Å²) in [5, 5.41) is 2.51. The molecule has 0 aromatic heterocycles. The maximum absolute atomic E-state index is 13.9. The molecule has 1 aliphatic rings. The van der Waals surface area contributed by atoms with Crippen molar-refractivity contribution in [2.75, 3.05) is 43.6 Å². The van der Waals surface area contributed by atoms with Crippen molar-refractivity contribution in [3.05, 3.63) is 24.0 Å². The van der Waals surface area contributed by atoms with Crippen LogP contribution in [0.3, 0.4) is 0 Å². The molecule has 1 N–H and O–H groups in total. The molecule has 1 saturated heterocycles. The maximum atomic E-state index is 13.9. The van der Waals surface area contributed by atoms with Crippen molar-refractivity contribution in [2.24, 2.45) is 0 Å². The van der Waals surface area contributed by atoms with Crippen molar-refractivity contribution in [1.29, 1.82) is 0 Å². The van der Waals surface area contributed by atoms with Crippen molar-refractivity contribution in [3.8, 4) is 0 Å². The molecular weight excluding hydrogens is 239 g/mol. The highest BCUT2D eigenvalue weighted by Gasteiger charge is 2.19. The molecule has 1 heterocycles. The molecule has 0 bridgehead atoms. The average molecular weight is 254 g/mol. The molecule has 0 saturated carbocycles. The lowest BCUT2D eigenvalue weighted by Gasteiger charge is -2.30. The third kappa shape index (κ3) is 2.70. The summed E-state index contributed by atoms with van der Waals surface area (Å²) in [7, 11) is 1.27. The van der Waals surface area contributed by atoms with Gasteiger partial charge in [-0.15, -0.1) is 0 Å². The molecule has 1 aromatic rings. The minimum absolute atomic E-state index is 0.370. The Morgan fingerprint density at radius 1 is 1.44 bits per heavy atom. The first-order valence-corrected chi connectivity index (χ1v) is 5.68. The van der Waals surface area contributed by atoms with Crippen LogP contribution in [-0.2, 0) is 9.47 Å². The molecule has 5 nitrogen and oxygen atoms in total. The molecule has 98 valence electrons. The number of hydrogen-bond donors (Lipinski definition) is 1. The largest absolute Gasteiger partial charge is 0.453 e. The Morgan fingerprint density at radius 3 is 2.83 bits per heavy atom. The molecule has 1 fully saturated rings. The van der Waals surface area contributed by atoms with Crippen LogP contribution in [0.5, 0.6) is 0 Å². The number of anilines is 2. The summed E-state index contributed by atoms with van der Waals surface area (Å²) in [6.07, 6.45) is -0.616. The summed E-state index contributed by atoms with van der Waals surface area (Å²) in [5.74, 6) is -0.370. The number of para-hydroxylation sites is 1. The molecular formula is C12H15FN2O3. The van der Waals surface area contributed by atoms with Crippen LogP contribution in [0.4, 0.5) is 20.6 Å². The van der Waals surface area contributed by atoms with Crippen molar-refractivity contribution in [1.82, 2.24) is 0 Å². The number of nitrogens with one attached hydrogen (secondary N) is 1. The number of nitrogens with zero attached hydrogens (tertiary/aromatic N) is 1. The fourth-order valence-electron chi connectivity index (χ4n) is 1.89. The summed E-state index contributed by atoms with van der Waals surface area (Å²) < 4.78 is 23.7. The average Bonchev–Trinajstić information content (AvgIpc) is 2.40. The lowest BCUT2D eigenvalue weighted by molar-refractivity contribution is 0.122. The number of carbonyl (C=O) groups excluding carboxylic acids is 1. The van der Waals surface area contributed by atoms with E-state index >= 15 is 0 Å². The molecule has 0 radical (unpaired) electrons. The van der Waals surface area contributed by atoms with E-state index in [0.29, 0.717) is 37.7 Å². The van der Waals surface area contributed by atoms with Crippen LogP contribution >= 0.6 is 0 Å². The number of morpholine rings is 1. The van der Waals surface area contributed by atoms with Gasteiger partial charge in [0.1, 0.15) is 5.82 Å². The topological polar surface area (TPSA) is 50.8 Å². The Kier molecular flexibility index (Phi) is 3.99. The molecule has 1 amide bonds. The Balaban J connectivity index is 2.28. The van der Waals surface area contributed by atoms with Crippen molar-refractivity contribution >= 4 is 17.5 Å². The number of rotatable bonds is 2. The summed E-state index contributed by atoms with van der Waals surface area (Å²) in [4.78, 5) is 13.1. The minimum Gasteiger partial charge on any atom is -0.453 e. The van der Waals surface area contributed by atoms with Crippen LogP contribution in [-0.4, -0.2) is 39.5 Å². The Hall–Kier alpha value is -1.82. The van der Waals surface area contributed by atoms with Gasteiger partial charge in [-0.05, 0) is 12.1 Å². The normalized spacial score (nSPS) is 15.3. The highest BCUT2D eigenvalue weighted by molar-refractivity contribution is 5.89. The SMILES string of the molecule is COC(=O)Nc1cccc(F)c1N1CCOCC1. The van der Waals surface area contributed by atoms with Crippen LogP contribution in [0.2, 0.25) is 0 Å². The molecule has 18 heavy (non-hydrogen) atoms. The molecule has 6 heteroatoms. The second-order valence-electron chi connectivity index (χ2n) is 3.85. The summed E-state index contributed by atoms with van der Waals surface area (Å²) in [6.45, 7) is 2.28. The maximum Gasteiger partial charge on any atom is 0.411 e. The quantitative estimate of drug-likeness (QED) is 0.875. The lowest BCUT2D eigenvalue weighted by atomic mass is 10.2. The van der Waals surface area contributed by atoms with Crippen LogP contribution in [0.25, 0.3) is 0 Å². The Morgan fingerprint density at radius 2 is 2.17 bits per heavy atom. The van der Waals surface area contributed by atoms with Gasteiger partial charge in [0.05, 0.1) is 31.7 Å². The van der Waals surface area contributed by atoms with E-state index in [9.17, 15) is 9.18 Å². The van der Waals surface area contributed by atoms with E-state index in [1.54, 1.807) is 12.1 Å². The van der Waals surface area contributed by atoms with E-state index in [2.05, 4.69) is 10.1 Å². The first-order valence-electron chi connectivity index (χ1n) is 5.68. The molecule has 0 atom stereocenters. The van der Waals surface area contributed by atoms with Crippen LogP contribution in [0.15, 0.2) is 18.2 Å². The van der Waals surface area contributed by atoms with E-state index in [-0.39, 0.29) is 5.82 Å². The second-order valence-corrected chi connectivity index (χ2v) is 3.85. The zero-order valence-electron chi connectivity index (χ0n) is 10.1. The van der Waals surface area contributed by atoms with Gasteiger partial charge in [0.25, 0.3) is 0 Å². The number of ether oxygens (including phenoxy) is 2. The number of halogens is 1. The van der Waals surface area contributed by atoms with Gasteiger partial charge in [-0.25, -0.2) is 9.18 Å². The molecule has 0 spiro atoms. The molecule has 1 aliphatic heterocycles. The van der Waals surface area contributed by atoms with Gasteiger partial charge in [-0.3, -0.25) is 5.32 Å². The Labute approximate surface area is 104 Å². The van der Waals surface area contributed by atoms with E-state index in [1.807, 2.05) is 4.90 Å². The van der Waals surface area contributed by atoms with Gasteiger partial charge in [0.2, 0.25) is 0 Å². The van der Waals surface area contributed by atoms with Crippen molar-refractivity contribution < 1.29 is 18.7 Å². The highest BCUT2D eigenvalue weighted by atomic mass is 19.1. The predicted octanol–water partition coefficient (Wildman–Crippen LogP) is 1.84. The standard InChI is InChI=1S/C12H15FN2O3/c1-17-12(16)14-10-4-2-3-9(13)11(10)15-5-7-18-8-6-15/h2-4H,5-8H2,1H3,(H,14,16). The number of benzene rings is 1. The van der Waals surface area contributed by atoms with Gasteiger partial charge in [-0.1, -0.05) is 6.07 Å². The van der Waals surface area contributed by atoms with E-state index < -0.39 is 6.09 Å². The van der Waals surface area contributed by atoms with Gasteiger partial charge in [0.15, 0.2) is 0 Å². The first kappa shape index (κ1) is 12.6. The van der Waals surface area contributed by atoms with Gasteiger partial charge in [0, 0.05) is 13.1 Å². The lowest BCUT2D eigenvalue weighted by Crippen LogP contribution is -2.37. The third-order valence-corrected chi connectivity index (χ3v) is 2.74. The van der Waals surface area contributed by atoms with Crippen molar-refractivity contribution in [3.63, 3.8) is 0 Å². The zero-order chi connectivity index (χ0) is 13.0. The fourth-order valence-corrected chi connectivity index (χ4v) is 1.89. The zero-order valence-corrected chi connectivity index (χ0v) is 10.1. The monoisotopic (exact) mass is 254 g/mol. The second kappa shape index (κ2) is 5.68. The number of methoxy groups -OCH3 is 1. The van der Waals surface area contributed by atoms with E-state index in [4.69, 9.17) is 4.74 Å². The highest BCUT2D eigenvalue weighted by Crippen LogP contribution is 2.29. The van der Waals surface area contributed by atoms with Crippen LogP contribution < -0.4 is 10.2 Å².